The zero-order chi connectivity index (χ0) is 25.9. The molecule has 0 saturated carbocycles. The lowest BCUT2D eigenvalue weighted by Gasteiger charge is -2.30. The van der Waals surface area contributed by atoms with E-state index in [1.54, 1.807) is 32.9 Å². The van der Waals surface area contributed by atoms with Crippen molar-refractivity contribution >= 4 is 26.9 Å². The minimum Gasteiger partial charge on any atom is -0.489 e. The predicted molar refractivity (Wildman–Crippen MR) is 139 cm³/mol. The second-order valence-electron chi connectivity index (χ2n) is 10.0. The smallest absolute Gasteiger partial charge is 0.311 e. The minimum atomic E-state index is -3.84. The molecular weight excluding hydrogens is 476 g/mol. The van der Waals surface area contributed by atoms with Crippen LogP contribution >= 0.6 is 0 Å². The SMILES string of the molecule is Cc1cc(COc2ccc(S(=O)(=O)NC3CC=CCC3C(=O)OC(C)(C)C)cc2)c2ccccc2n1. The number of pyridine rings is 1. The normalized spacial score (nSPS) is 18.2. The van der Waals surface area contributed by atoms with E-state index < -0.39 is 33.6 Å². The lowest BCUT2D eigenvalue weighted by Crippen LogP contribution is -2.45. The van der Waals surface area contributed by atoms with Crippen molar-refractivity contribution in [2.24, 2.45) is 5.92 Å². The van der Waals surface area contributed by atoms with Gasteiger partial charge in [0.25, 0.3) is 0 Å². The van der Waals surface area contributed by atoms with Crippen molar-refractivity contribution in [3.63, 3.8) is 0 Å². The molecule has 0 fully saturated rings. The van der Waals surface area contributed by atoms with Crippen LogP contribution in [0.5, 0.6) is 5.75 Å². The first-order chi connectivity index (χ1) is 17.0. The molecular formula is C28H32N2O5S. The number of nitrogens with zero attached hydrogens (tertiary/aromatic N) is 1. The first kappa shape index (κ1) is 25.9. The molecule has 190 valence electrons. The van der Waals surface area contributed by atoms with Crippen molar-refractivity contribution in [3.8, 4) is 5.75 Å². The van der Waals surface area contributed by atoms with Crippen molar-refractivity contribution in [1.29, 1.82) is 0 Å². The van der Waals surface area contributed by atoms with Crippen LogP contribution in [0.3, 0.4) is 0 Å². The van der Waals surface area contributed by atoms with Gasteiger partial charge in [0.05, 0.1) is 16.3 Å². The van der Waals surface area contributed by atoms with Gasteiger partial charge in [0, 0.05) is 22.7 Å². The fourth-order valence-corrected chi connectivity index (χ4v) is 5.53. The molecule has 7 nitrogen and oxygen atoms in total. The molecule has 1 aliphatic carbocycles. The van der Waals surface area contributed by atoms with E-state index in [0.29, 0.717) is 25.2 Å². The summed E-state index contributed by atoms with van der Waals surface area (Å²) >= 11 is 0. The largest absolute Gasteiger partial charge is 0.489 e. The van der Waals surface area contributed by atoms with Crippen molar-refractivity contribution in [2.45, 2.75) is 63.7 Å². The molecule has 0 saturated heterocycles. The van der Waals surface area contributed by atoms with E-state index >= 15 is 0 Å². The highest BCUT2D eigenvalue weighted by molar-refractivity contribution is 7.89. The van der Waals surface area contributed by atoms with Crippen LogP contribution in [0, 0.1) is 12.8 Å². The summed E-state index contributed by atoms with van der Waals surface area (Å²) in [6.45, 7) is 7.67. The maximum Gasteiger partial charge on any atom is 0.311 e. The number of para-hydroxylation sites is 1. The Balaban J connectivity index is 1.44. The van der Waals surface area contributed by atoms with E-state index in [2.05, 4.69) is 9.71 Å². The van der Waals surface area contributed by atoms with Gasteiger partial charge in [-0.15, -0.1) is 0 Å². The number of aryl methyl sites for hydroxylation is 1. The minimum absolute atomic E-state index is 0.109. The number of benzene rings is 2. The molecule has 36 heavy (non-hydrogen) atoms. The molecule has 0 radical (unpaired) electrons. The highest BCUT2D eigenvalue weighted by Gasteiger charge is 2.35. The number of fused-ring (bicyclic) bond motifs is 1. The topological polar surface area (TPSA) is 94.6 Å². The number of nitrogens with one attached hydrogen (secondary N) is 1. The third kappa shape index (κ3) is 6.30. The van der Waals surface area contributed by atoms with Gasteiger partial charge >= 0.3 is 5.97 Å². The van der Waals surface area contributed by atoms with Gasteiger partial charge in [0.2, 0.25) is 10.0 Å². The Labute approximate surface area is 212 Å². The monoisotopic (exact) mass is 508 g/mol. The van der Waals surface area contributed by atoms with E-state index in [0.717, 1.165) is 22.2 Å². The summed E-state index contributed by atoms with van der Waals surface area (Å²) in [6.07, 6.45) is 4.62. The maximum absolute atomic E-state index is 13.1. The number of sulfonamides is 1. The maximum atomic E-state index is 13.1. The van der Waals surface area contributed by atoms with E-state index in [1.165, 1.54) is 12.1 Å². The molecule has 1 N–H and O–H groups in total. The summed E-state index contributed by atoms with van der Waals surface area (Å²) in [5.41, 5.74) is 2.18. The van der Waals surface area contributed by atoms with Crippen LogP contribution in [0.4, 0.5) is 0 Å². The molecule has 4 rings (SSSR count). The summed E-state index contributed by atoms with van der Waals surface area (Å²) in [5.74, 6) is -0.424. The molecule has 2 atom stereocenters. The lowest BCUT2D eigenvalue weighted by atomic mass is 9.89. The Hall–Kier alpha value is -3.23. The third-order valence-corrected chi connectivity index (χ3v) is 7.41. The molecule has 0 amide bonds. The van der Waals surface area contributed by atoms with Crippen molar-refractivity contribution in [2.75, 3.05) is 0 Å². The first-order valence-electron chi connectivity index (χ1n) is 12.0. The molecule has 1 aliphatic rings. The molecule has 0 spiro atoms. The number of hydrogen-bond donors (Lipinski definition) is 1. The Morgan fingerprint density at radius 2 is 1.75 bits per heavy atom. The third-order valence-electron chi connectivity index (χ3n) is 5.91. The standard InChI is InChI=1S/C28H32N2O5S/c1-19-17-20(23-9-5-7-11-25(23)29-19)18-34-21-13-15-22(16-14-21)36(32,33)30-26-12-8-6-10-24(26)27(31)35-28(2,3)4/h5-9,11,13-17,24,26,30H,10,12,18H2,1-4H3. The number of rotatable bonds is 7. The number of hydrogen-bond acceptors (Lipinski definition) is 6. The van der Waals surface area contributed by atoms with Crippen molar-refractivity contribution < 1.29 is 22.7 Å². The van der Waals surface area contributed by atoms with E-state index in [9.17, 15) is 13.2 Å². The number of esters is 1. The van der Waals surface area contributed by atoms with Gasteiger partial charge in [-0.25, -0.2) is 13.1 Å². The molecule has 8 heteroatoms. The van der Waals surface area contributed by atoms with Crippen molar-refractivity contribution in [3.05, 3.63) is 78.0 Å². The zero-order valence-corrected chi connectivity index (χ0v) is 21.8. The van der Waals surface area contributed by atoms with Gasteiger partial charge in [-0.1, -0.05) is 30.4 Å². The molecule has 2 aromatic carbocycles. The van der Waals surface area contributed by atoms with Crippen LogP contribution in [0.2, 0.25) is 0 Å². The van der Waals surface area contributed by atoms with Gasteiger partial charge in [-0.3, -0.25) is 9.78 Å². The van der Waals surface area contributed by atoms with Crippen LogP contribution in [-0.4, -0.2) is 31.0 Å². The van der Waals surface area contributed by atoms with E-state index in [1.807, 2.05) is 49.4 Å². The first-order valence-corrected chi connectivity index (χ1v) is 13.5. The molecule has 0 bridgehead atoms. The molecule has 1 heterocycles. The van der Waals surface area contributed by atoms with Gasteiger partial charge in [-0.2, -0.15) is 0 Å². The molecule has 2 unspecified atom stereocenters. The van der Waals surface area contributed by atoms with Gasteiger partial charge < -0.3 is 9.47 Å². The molecule has 0 aliphatic heterocycles. The average Bonchev–Trinajstić information content (AvgIpc) is 2.81. The van der Waals surface area contributed by atoms with Crippen LogP contribution in [0.25, 0.3) is 10.9 Å². The second kappa shape index (κ2) is 10.4. The molecule has 3 aromatic rings. The van der Waals surface area contributed by atoms with Crippen LogP contribution < -0.4 is 9.46 Å². The Morgan fingerprint density at radius 3 is 2.47 bits per heavy atom. The summed E-state index contributed by atoms with van der Waals surface area (Å²) < 4.78 is 40.4. The second-order valence-corrected chi connectivity index (χ2v) is 11.7. The van der Waals surface area contributed by atoms with Crippen LogP contribution in [0.1, 0.15) is 44.9 Å². The number of carbonyl (C=O) groups is 1. The Morgan fingerprint density at radius 1 is 1.06 bits per heavy atom. The van der Waals surface area contributed by atoms with Gasteiger partial charge in [-0.05, 0) is 76.9 Å². The number of carbonyl (C=O) groups excluding carboxylic acids is 1. The van der Waals surface area contributed by atoms with Crippen LogP contribution in [-0.2, 0) is 26.2 Å². The van der Waals surface area contributed by atoms with Crippen molar-refractivity contribution in [1.82, 2.24) is 9.71 Å². The highest BCUT2D eigenvalue weighted by atomic mass is 32.2. The number of aromatic nitrogens is 1. The fraction of sp³-hybridized carbons (Fsp3) is 0.357. The highest BCUT2D eigenvalue weighted by Crippen LogP contribution is 2.26. The Bertz CT molecular complexity index is 1380. The summed E-state index contributed by atoms with van der Waals surface area (Å²) in [6, 6.07) is 15.6. The van der Waals surface area contributed by atoms with E-state index in [-0.39, 0.29) is 4.90 Å². The number of ether oxygens (including phenoxy) is 2. The summed E-state index contributed by atoms with van der Waals surface area (Å²) in [5, 5.41) is 1.02. The quantitative estimate of drug-likeness (QED) is 0.353. The van der Waals surface area contributed by atoms with Gasteiger partial charge in [0.1, 0.15) is 18.0 Å². The summed E-state index contributed by atoms with van der Waals surface area (Å²) in [4.78, 5) is 17.3. The van der Waals surface area contributed by atoms with E-state index in [4.69, 9.17) is 9.47 Å². The zero-order valence-electron chi connectivity index (χ0n) is 21.0. The fourth-order valence-electron chi connectivity index (χ4n) is 4.24. The lowest BCUT2D eigenvalue weighted by molar-refractivity contribution is -0.160. The Kier molecular flexibility index (Phi) is 7.47. The van der Waals surface area contributed by atoms with Gasteiger partial charge in [0.15, 0.2) is 0 Å². The van der Waals surface area contributed by atoms with Crippen LogP contribution in [0.15, 0.2) is 71.6 Å². The number of allylic oxidation sites excluding steroid dienone is 1. The predicted octanol–water partition coefficient (Wildman–Crippen LogP) is 5.08. The summed E-state index contributed by atoms with van der Waals surface area (Å²) in [7, 11) is -3.84. The average molecular weight is 509 g/mol. The molecule has 1 aromatic heterocycles.